The van der Waals surface area contributed by atoms with Crippen LogP contribution in [-0.4, -0.2) is 21.1 Å². The highest BCUT2D eigenvalue weighted by Gasteiger charge is 2.05. The van der Waals surface area contributed by atoms with Crippen LogP contribution in [0.4, 0.5) is 0 Å². The molecule has 4 nitrogen and oxygen atoms in total. The summed E-state index contributed by atoms with van der Waals surface area (Å²) in [6, 6.07) is 10.2. The molecule has 0 saturated heterocycles. The first-order valence-electron chi connectivity index (χ1n) is 6.04. The van der Waals surface area contributed by atoms with Crippen LogP contribution >= 0.6 is 12.2 Å². The number of H-pyrrole nitrogens is 1. The van der Waals surface area contributed by atoms with E-state index in [0.29, 0.717) is 4.77 Å². The van der Waals surface area contributed by atoms with Crippen LogP contribution in [0, 0.1) is 4.77 Å². The SMILES string of the molecule is CCCC=Nn1c(Cc2ccccc2)n[nH]c1=S. The van der Waals surface area contributed by atoms with E-state index in [1.54, 1.807) is 4.68 Å². The van der Waals surface area contributed by atoms with E-state index < -0.39 is 0 Å². The van der Waals surface area contributed by atoms with Crippen LogP contribution in [0.3, 0.4) is 0 Å². The van der Waals surface area contributed by atoms with Crippen molar-refractivity contribution in [3.05, 3.63) is 46.5 Å². The third-order valence-electron chi connectivity index (χ3n) is 2.54. The van der Waals surface area contributed by atoms with Gasteiger partial charge in [-0.25, -0.2) is 0 Å². The molecular weight excluding hydrogens is 244 g/mol. The van der Waals surface area contributed by atoms with Crippen molar-refractivity contribution in [3.63, 3.8) is 0 Å². The molecule has 18 heavy (non-hydrogen) atoms. The average molecular weight is 260 g/mol. The quantitative estimate of drug-likeness (QED) is 0.663. The van der Waals surface area contributed by atoms with E-state index in [1.165, 1.54) is 5.56 Å². The van der Waals surface area contributed by atoms with Crippen LogP contribution in [0.15, 0.2) is 35.4 Å². The molecule has 0 radical (unpaired) electrons. The number of hydrogen-bond donors (Lipinski definition) is 1. The Labute approximate surface area is 111 Å². The third kappa shape index (κ3) is 3.13. The van der Waals surface area contributed by atoms with Crippen molar-refractivity contribution in [1.29, 1.82) is 0 Å². The lowest BCUT2D eigenvalue weighted by Crippen LogP contribution is -2.00. The van der Waals surface area contributed by atoms with E-state index >= 15 is 0 Å². The van der Waals surface area contributed by atoms with E-state index in [0.717, 1.165) is 25.1 Å². The highest BCUT2D eigenvalue weighted by atomic mass is 32.1. The van der Waals surface area contributed by atoms with Crippen molar-refractivity contribution < 1.29 is 0 Å². The summed E-state index contributed by atoms with van der Waals surface area (Å²) in [5.74, 6) is 0.832. The fourth-order valence-electron chi connectivity index (χ4n) is 1.60. The van der Waals surface area contributed by atoms with Crippen LogP contribution in [0.1, 0.15) is 31.2 Å². The predicted molar refractivity (Wildman–Crippen MR) is 75.5 cm³/mol. The molecule has 0 aliphatic heterocycles. The van der Waals surface area contributed by atoms with Crippen LogP contribution in [0.25, 0.3) is 0 Å². The van der Waals surface area contributed by atoms with Gasteiger partial charge in [0.2, 0.25) is 4.77 Å². The van der Waals surface area contributed by atoms with Crippen LogP contribution in [-0.2, 0) is 6.42 Å². The molecular formula is C13H16N4S. The molecule has 0 saturated carbocycles. The lowest BCUT2D eigenvalue weighted by molar-refractivity contribution is 0.785. The highest BCUT2D eigenvalue weighted by molar-refractivity contribution is 7.71. The fourth-order valence-corrected chi connectivity index (χ4v) is 1.80. The fraction of sp³-hybridized carbons (Fsp3) is 0.308. The van der Waals surface area contributed by atoms with Crippen molar-refractivity contribution in [3.8, 4) is 0 Å². The number of nitrogens with one attached hydrogen (secondary N) is 1. The molecule has 0 atom stereocenters. The van der Waals surface area contributed by atoms with Crippen LogP contribution in [0.5, 0.6) is 0 Å². The van der Waals surface area contributed by atoms with Crippen LogP contribution in [0.2, 0.25) is 0 Å². The van der Waals surface area contributed by atoms with Gasteiger partial charge in [0.15, 0.2) is 5.82 Å². The van der Waals surface area contributed by atoms with Crippen molar-refractivity contribution >= 4 is 18.4 Å². The van der Waals surface area contributed by atoms with Gasteiger partial charge < -0.3 is 0 Å². The molecule has 0 unspecified atom stereocenters. The number of nitrogens with zero attached hydrogens (tertiary/aromatic N) is 3. The van der Waals surface area contributed by atoms with Crippen LogP contribution < -0.4 is 0 Å². The van der Waals surface area contributed by atoms with Gasteiger partial charge in [0.25, 0.3) is 0 Å². The first-order chi connectivity index (χ1) is 8.81. The molecule has 0 spiro atoms. The Morgan fingerprint density at radius 3 is 2.89 bits per heavy atom. The normalized spacial score (nSPS) is 11.2. The predicted octanol–water partition coefficient (Wildman–Crippen LogP) is 3.17. The first-order valence-corrected chi connectivity index (χ1v) is 6.45. The van der Waals surface area contributed by atoms with Gasteiger partial charge in [0, 0.05) is 12.6 Å². The maximum absolute atomic E-state index is 5.17. The lowest BCUT2D eigenvalue weighted by atomic mass is 10.1. The Kier molecular flexibility index (Phi) is 4.41. The molecule has 0 bridgehead atoms. The summed E-state index contributed by atoms with van der Waals surface area (Å²) in [6.45, 7) is 2.12. The second-order valence-electron chi connectivity index (χ2n) is 4.01. The van der Waals surface area contributed by atoms with E-state index in [2.05, 4.69) is 34.4 Å². The monoisotopic (exact) mass is 260 g/mol. The van der Waals surface area contributed by atoms with Crippen molar-refractivity contribution in [1.82, 2.24) is 14.9 Å². The van der Waals surface area contributed by atoms with Gasteiger partial charge in [-0.2, -0.15) is 14.9 Å². The second-order valence-corrected chi connectivity index (χ2v) is 4.39. The van der Waals surface area contributed by atoms with E-state index in [4.69, 9.17) is 12.2 Å². The summed E-state index contributed by atoms with van der Waals surface area (Å²) in [5.41, 5.74) is 1.19. The van der Waals surface area contributed by atoms with Gasteiger partial charge in [-0.15, -0.1) is 0 Å². The van der Waals surface area contributed by atoms with Crippen molar-refractivity contribution in [2.75, 3.05) is 0 Å². The molecule has 0 amide bonds. The highest BCUT2D eigenvalue weighted by Crippen LogP contribution is 2.07. The minimum atomic E-state index is 0.535. The molecule has 0 fully saturated rings. The molecule has 2 aromatic rings. The van der Waals surface area contributed by atoms with Gasteiger partial charge in [-0.05, 0) is 24.2 Å². The topological polar surface area (TPSA) is 46.0 Å². The number of hydrogen-bond acceptors (Lipinski definition) is 3. The smallest absolute Gasteiger partial charge is 0.216 e. The average Bonchev–Trinajstić information content (AvgIpc) is 2.73. The molecule has 0 aliphatic rings. The van der Waals surface area contributed by atoms with Gasteiger partial charge in [-0.1, -0.05) is 43.7 Å². The Morgan fingerprint density at radius 1 is 1.39 bits per heavy atom. The summed E-state index contributed by atoms with van der Waals surface area (Å²) in [5, 5.41) is 11.4. The van der Waals surface area contributed by atoms with Crippen molar-refractivity contribution in [2.24, 2.45) is 5.10 Å². The number of aromatic nitrogens is 3. The molecule has 94 valence electrons. The maximum atomic E-state index is 5.17. The van der Waals surface area contributed by atoms with Crippen molar-refractivity contribution in [2.45, 2.75) is 26.2 Å². The number of unbranched alkanes of at least 4 members (excludes halogenated alkanes) is 1. The molecule has 1 heterocycles. The maximum Gasteiger partial charge on any atom is 0.216 e. The first kappa shape index (κ1) is 12.7. The van der Waals surface area contributed by atoms with Gasteiger partial charge in [-0.3, -0.25) is 5.10 Å². The zero-order chi connectivity index (χ0) is 12.8. The van der Waals surface area contributed by atoms with Gasteiger partial charge in [0.05, 0.1) is 0 Å². The minimum Gasteiger partial charge on any atom is -0.250 e. The third-order valence-corrected chi connectivity index (χ3v) is 2.80. The Hall–Kier alpha value is -1.75. The van der Waals surface area contributed by atoms with E-state index in [1.807, 2.05) is 24.4 Å². The molecule has 1 N–H and O–H groups in total. The summed E-state index contributed by atoms with van der Waals surface area (Å²) in [6.07, 6.45) is 4.61. The minimum absolute atomic E-state index is 0.535. The zero-order valence-electron chi connectivity index (χ0n) is 10.3. The lowest BCUT2D eigenvalue weighted by Gasteiger charge is -2.00. The number of aromatic amines is 1. The number of benzene rings is 1. The largest absolute Gasteiger partial charge is 0.250 e. The molecule has 1 aromatic heterocycles. The molecule has 1 aromatic carbocycles. The van der Waals surface area contributed by atoms with E-state index in [9.17, 15) is 0 Å². The number of rotatable bonds is 5. The molecule has 0 aliphatic carbocycles. The Balaban J connectivity index is 2.21. The molecule has 2 rings (SSSR count). The van der Waals surface area contributed by atoms with Gasteiger partial charge >= 0.3 is 0 Å². The zero-order valence-corrected chi connectivity index (χ0v) is 11.2. The van der Waals surface area contributed by atoms with E-state index in [-0.39, 0.29) is 0 Å². The standard InChI is InChI=1S/C13H16N4S/c1-2-3-9-14-17-12(15-16-13(17)18)10-11-7-5-4-6-8-11/h4-9H,2-3,10H2,1H3,(H,16,18). The summed E-state index contributed by atoms with van der Waals surface area (Å²) in [4.78, 5) is 0. The molecule has 5 heteroatoms. The summed E-state index contributed by atoms with van der Waals surface area (Å²) < 4.78 is 2.23. The Bertz CT molecular complexity index is 568. The second kappa shape index (κ2) is 6.26. The summed E-state index contributed by atoms with van der Waals surface area (Å²) >= 11 is 5.17. The Morgan fingerprint density at radius 2 is 2.17 bits per heavy atom. The summed E-state index contributed by atoms with van der Waals surface area (Å²) in [7, 11) is 0. The van der Waals surface area contributed by atoms with Gasteiger partial charge in [0.1, 0.15) is 0 Å².